The molecule has 1 unspecified atom stereocenters. The molecule has 0 aliphatic carbocycles. The summed E-state index contributed by atoms with van der Waals surface area (Å²) in [6.45, 7) is 13.9. The Balaban J connectivity index is 1.64. The summed E-state index contributed by atoms with van der Waals surface area (Å²) in [6, 6.07) is 3.19. The minimum absolute atomic E-state index is 0.155. The molecule has 0 radical (unpaired) electrons. The molecular formula is C23H33N3O4SSi. The Morgan fingerprint density at radius 1 is 1.41 bits per heavy atom. The number of H-pyrrole nitrogens is 1. The molecule has 1 aliphatic rings. The number of hydrogen-bond acceptors (Lipinski definition) is 6. The molecule has 32 heavy (non-hydrogen) atoms. The molecule has 3 aromatic rings. The van der Waals surface area contributed by atoms with Crippen LogP contribution in [0.1, 0.15) is 32.0 Å². The summed E-state index contributed by atoms with van der Waals surface area (Å²) in [5.74, 6) is 0. The maximum atomic E-state index is 13.0. The molecule has 0 amide bonds. The molecule has 0 saturated carbocycles. The molecule has 0 spiro atoms. The number of nitrogens with zero attached hydrogens (tertiary/aromatic N) is 2. The van der Waals surface area contributed by atoms with Crippen LogP contribution in [-0.2, 0) is 28.2 Å². The van der Waals surface area contributed by atoms with Crippen LogP contribution in [0.25, 0.3) is 20.5 Å². The maximum absolute atomic E-state index is 13.0. The van der Waals surface area contributed by atoms with Gasteiger partial charge in [-0.05, 0) is 44.9 Å². The molecule has 9 heteroatoms. The Morgan fingerprint density at radius 2 is 2.16 bits per heavy atom. The van der Waals surface area contributed by atoms with E-state index in [1.807, 2.05) is 19.3 Å². The highest BCUT2D eigenvalue weighted by Crippen LogP contribution is 2.43. The van der Waals surface area contributed by atoms with Crippen LogP contribution in [-0.4, -0.2) is 46.8 Å². The predicted octanol–water partition coefficient (Wildman–Crippen LogP) is 4.32. The summed E-state index contributed by atoms with van der Waals surface area (Å²) in [7, 11) is -1.11. The van der Waals surface area contributed by atoms with Gasteiger partial charge in [-0.25, -0.2) is 4.68 Å². The Hall–Kier alpha value is -1.78. The van der Waals surface area contributed by atoms with E-state index in [0.29, 0.717) is 30.2 Å². The van der Waals surface area contributed by atoms with Crippen LogP contribution in [0, 0.1) is 0 Å². The summed E-state index contributed by atoms with van der Waals surface area (Å²) >= 11 is 1.47. The molecule has 4 heterocycles. The van der Waals surface area contributed by atoms with Crippen molar-refractivity contribution in [2.75, 3.05) is 13.2 Å². The molecule has 7 nitrogen and oxygen atoms in total. The van der Waals surface area contributed by atoms with Crippen molar-refractivity contribution in [3.63, 3.8) is 0 Å². The predicted molar refractivity (Wildman–Crippen MR) is 131 cm³/mol. The van der Waals surface area contributed by atoms with Gasteiger partial charge in [0.05, 0.1) is 24.1 Å². The summed E-state index contributed by atoms with van der Waals surface area (Å²) < 4.78 is 14.3. The Morgan fingerprint density at radius 3 is 2.84 bits per heavy atom. The van der Waals surface area contributed by atoms with E-state index >= 15 is 0 Å². The van der Waals surface area contributed by atoms with Crippen molar-refractivity contribution in [3.8, 4) is 10.4 Å². The summed E-state index contributed by atoms with van der Waals surface area (Å²) in [4.78, 5) is 17.0. The van der Waals surface area contributed by atoms with Crippen LogP contribution in [0.5, 0.6) is 0 Å². The average Bonchev–Trinajstić information content (AvgIpc) is 3.32. The Kier molecular flexibility index (Phi) is 6.00. The zero-order chi connectivity index (χ0) is 23.3. The maximum Gasteiger partial charge on any atom is 0.266 e. The van der Waals surface area contributed by atoms with Gasteiger partial charge in [-0.2, -0.15) is 5.10 Å². The number of hydrogen-bond donors (Lipinski definition) is 2. The van der Waals surface area contributed by atoms with Crippen LogP contribution in [0.4, 0.5) is 0 Å². The van der Waals surface area contributed by atoms with Crippen molar-refractivity contribution in [3.05, 3.63) is 40.1 Å². The van der Waals surface area contributed by atoms with Crippen molar-refractivity contribution >= 4 is 29.5 Å². The smallest absolute Gasteiger partial charge is 0.266 e. The number of rotatable bonds is 7. The largest absolute Gasteiger partial charge is 0.387 e. The fourth-order valence-electron chi connectivity index (χ4n) is 3.98. The highest BCUT2D eigenvalue weighted by Gasteiger charge is 2.47. The number of pyridine rings is 1. The second-order valence-electron chi connectivity index (χ2n) is 10.5. The molecule has 1 atom stereocenters. The molecule has 4 rings (SSSR count). The quantitative estimate of drug-likeness (QED) is 0.392. The van der Waals surface area contributed by atoms with E-state index in [4.69, 9.17) is 9.47 Å². The molecule has 2 N–H and O–H groups in total. The second-order valence-corrected chi connectivity index (χ2v) is 17.1. The lowest BCUT2D eigenvalue weighted by Gasteiger charge is -2.43. The van der Waals surface area contributed by atoms with E-state index in [2.05, 4.69) is 35.8 Å². The standard InChI is InChI=1S/C23H33N3O4SSi/c1-22(2,28)23(3)20-16(7-8-30-23)17-11-18(31-19(17)21(27)25-20)15-12-24-26(13-15)14-29-9-10-32(4,5)6/h11-13,28H,7-10,14H2,1-6H3,(H,25,27). The average molecular weight is 476 g/mol. The normalized spacial score (nSPS) is 19.5. The van der Waals surface area contributed by atoms with Gasteiger partial charge in [0.15, 0.2) is 0 Å². The molecule has 3 aromatic heterocycles. The number of nitrogens with one attached hydrogen (secondary N) is 1. The van der Waals surface area contributed by atoms with Gasteiger partial charge in [-0.3, -0.25) is 4.79 Å². The number of thiophene rings is 1. The first kappa shape index (κ1) is 23.4. The first-order valence-electron chi connectivity index (χ1n) is 11.1. The molecule has 0 saturated heterocycles. The molecule has 0 aromatic carbocycles. The third-order valence-electron chi connectivity index (χ3n) is 6.33. The van der Waals surface area contributed by atoms with E-state index in [1.165, 1.54) is 11.3 Å². The lowest BCUT2D eigenvalue weighted by atomic mass is 9.79. The van der Waals surface area contributed by atoms with E-state index in [9.17, 15) is 9.90 Å². The van der Waals surface area contributed by atoms with Gasteiger partial charge < -0.3 is 19.6 Å². The lowest BCUT2D eigenvalue weighted by molar-refractivity contribution is -0.172. The van der Waals surface area contributed by atoms with E-state index in [0.717, 1.165) is 34.0 Å². The van der Waals surface area contributed by atoms with Gasteiger partial charge in [0.2, 0.25) is 0 Å². The summed E-state index contributed by atoms with van der Waals surface area (Å²) in [5, 5.41) is 16.1. The van der Waals surface area contributed by atoms with Gasteiger partial charge in [-0.1, -0.05) is 19.6 Å². The van der Waals surface area contributed by atoms with E-state index in [-0.39, 0.29) is 5.56 Å². The van der Waals surface area contributed by atoms with Gasteiger partial charge in [0.25, 0.3) is 5.56 Å². The third-order valence-corrected chi connectivity index (χ3v) is 9.22. The first-order chi connectivity index (χ1) is 14.9. The number of aromatic amines is 1. The van der Waals surface area contributed by atoms with E-state index in [1.54, 1.807) is 18.5 Å². The van der Waals surface area contributed by atoms with Crippen molar-refractivity contribution in [1.82, 2.24) is 14.8 Å². The molecule has 0 bridgehead atoms. The van der Waals surface area contributed by atoms with Gasteiger partial charge in [0, 0.05) is 36.7 Å². The summed E-state index contributed by atoms with van der Waals surface area (Å²) in [5.41, 5.74) is 0.399. The Bertz CT molecular complexity index is 1180. The SMILES string of the molecule is CC(C)(O)C1(C)OCCc2c1[nH]c(=O)c1sc(-c3cnn(COCC[Si](C)(C)C)c3)cc21. The zero-order valence-corrected chi connectivity index (χ0v) is 21.6. The van der Waals surface area contributed by atoms with Gasteiger partial charge in [0.1, 0.15) is 17.0 Å². The highest BCUT2D eigenvalue weighted by atomic mass is 32.1. The third kappa shape index (κ3) is 4.36. The molecule has 1 aliphatic heterocycles. The zero-order valence-electron chi connectivity index (χ0n) is 19.7. The van der Waals surface area contributed by atoms with Gasteiger partial charge >= 0.3 is 0 Å². The van der Waals surface area contributed by atoms with Crippen molar-refractivity contribution < 1.29 is 14.6 Å². The van der Waals surface area contributed by atoms with Crippen molar-refractivity contribution in [1.29, 1.82) is 0 Å². The van der Waals surface area contributed by atoms with Crippen molar-refractivity contribution in [2.24, 2.45) is 0 Å². The molecule has 0 fully saturated rings. The van der Waals surface area contributed by atoms with Gasteiger partial charge in [-0.15, -0.1) is 11.3 Å². The van der Waals surface area contributed by atoms with Crippen LogP contribution in [0.15, 0.2) is 23.3 Å². The number of ether oxygens (including phenoxy) is 2. The fourth-order valence-corrected chi connectivity index (χ4v) is 5.80. The monoisotopic (exact) mass is 475 g/mol. The number of aliphatic hydroxyl groups is 1. The van der Waals surface area contributed by atoms with E-state index < -0.39 is 19.3 Å². The first-order valence-corrected chi connectivity index (χ1v) is 15.6. The second kappa shape index (κ2) is 8.21. The van der Waals surface area contributed by atoms with Crippen molar-refractivity contribution in [2.45, 2.75) is 70.8 Å². The Labute approximate surface area is 193 Å². The summed E-state index contributed by atoms with van der Waals surface area (Å²) in [6.07, 6.45) is 4.47. The van der Waals surface area contributed by atoms with Crippen LogP contribution < -0.4 is 5.56 Å². The van der Waals surface area contributed by atoms with Crippen LogP contribution >= 0.6 is 11.3 Å². The number of fused-ring (bicyclic) bond motifs is 3. The minimum atomic E-state index is -1.14. The minimum Gasteiger partial charge on any atom is -0.387 e. The topological polar surface area (TPSA) is 89.4 Å². The lowest BCUT2D eigenvalue weighted by Crippen LogP contribution is -2.51. The highest BCUT2D eigenvalue weighted by molar-refractivity contribution is 7.22. The molecular weight excluding hydrogens is 442 g/mol. The van der Waals surface area contributed by atoms with Crippen LogP contribution in [0.2, 0.25) is 25.7 Å². The molecule has 174 valence electrons. The number of aromatic nitrogens is 3. The fraction of sp³-hybridized carbons (Fsp3) is 0.565. The van der Waals surface area contributed by atoms with Crippen LogP contribution in [0.3, 0.4) is 0 Å².